The minimum atomic E-state index is -0.873. The second kappa shape index (κ2) is 8.88. The fourth-order valence-corrected chi connectivity index (χ4v) is 3.22. The van der Waals surface area contributed by atoms with Gasteiger partial charge in [-0.25, -0.2) is 0 Å². The summed E-state index contributed by atoms with van der Waals surface area (Å²) < 4.78 is 15.8. The molecule has 1 aromatic rings. The number of hydrogen-bond acceptors (Lipinski definition) is 6. The molecule has 0 unspecified atom stereocenters. The van der Waals surface area contributed by atoms with Crippen molar-refractivity contribution in [3.05, 3.63) is 22.2 Å². The van der Waals surface area contributed by atoms with E-state index in [0.29, 0.717) is 34.6 Å². The van der Waals surface area contributed by atoms with Crippen LogP contribution >= 0.6 is 15.9 Å². The number of halogens is 1. The summed E-state index contributed by atoms with van der Waals surface area (Å²) in [6, 6.07) is 2.55. The van der Waals surface area contributed by atoms with Gasteiger partial charge in [0.15, 0.2) is 11.5 Å². The summed E-state index contributed by atoms with van der Waals surface area (Å²) in [6.45, 7) is 0.673. The SMILES string of the molecule is COC(=O)C[C@H]1C(=O)NCCN1C(=O)Cc1cc(OC)c(OC)cc1Br. The number of piperazine rings is 1. The number of carbonyl (C=O) groups is 3. The molecule has 0 spiro atoms. The molecule has 0 aromatic heterocycles. The van der Waals surface area contributed by atoms with Crippen LogP contribution in [0.5, 0.6) is 11.5 Å². The van der Waals surface area contributed by atoms with E-state index >= 15 is 0 Å². The fourth-order valence-electron chi connectivity index (χ4n) is 2.75. The maximum absolute atomic E-state index is 12.8. The molecule has 1 heterocycles. The Morgan fingerprint density at radius 1 is 1.23 bits per heavy atom. The summed E-state index contributed by atoms with van der Waals surface area (Å²) in [5.41, 5.74) is 0.690. The van der Waals surface area contributed by atoms with Crippen molar-refractivity contribution < 1.29 is 28.6 Å². The van der Waals surface area contributed by atoms with Crippen molar-refractivity contribution >= 4 is 33.7 Å². The Labute approximate surface area is 159 Å². The summed E-state index contributed by atoms with van der Waals surface area (Å²) in [6.07, 6.45) is -0.132. The van der Waals surface area contributed by atoms with Crippen LogP contribution in [0.1, 0.15) is 12.0 Å². The van der Waals surface area contributed by atoms with Crippen LogP contribution in [0.3, 0.4) is 0 Å². The van der Waals surface area contributed by atoms with E-state index in [9.17, 15) is 14.4 Å². The molecular formula is C17H21BrN2O6. The van der Waals surface area contributed by atoms with Crippen LogP contribution in [0, 0.1) is 0 Å². The van der Waals surface area contributed by atoms with Gasteiger partial charge in [0, 0.05) is 17.6 Å². The van der Waals surface area contributed by atoms with Gasteiger partial charge in [0.2, 0.25) is 11.8 Å². The second-order valence-electron chi connectivity index (χ2n) is 5.65. The molecule has 1 saturated heterocycles. The first-order valence-corrected chi connectivity index (χ1v) is 8.75. The molecule has 142 valence electrons. The lowest BCUT2D eigenvalue weighted by atomic mass is 10.1. The van der Waals surface area contributed by atoms with E-state index in [1.807, 2.05) is 0 Å². The van der Waals surface area contributed by atoms with Gasteiger partial charge < -0.3 is 24.4 Å². The number of hydrogen-bond donors (Lipinski definition) is 1. The Kier molecular flexibility index (Phi) is 6.84. The highest BCUT2D eigenvalue weighted by atomic mass is 79.9. The van der Waals surface area contributed by atoms with Gasteiger partial charge in [-0.1, -0.05) is 15.9 Å². The standard InChI is InChI=1S/C17H21BrN2O6/c1-24-13-6-10(11(18)8-14(13)25-2)7-15(21)20-5-4-19-17(23)12(20)9-16(22)26-3/h6,8,12H,4-5,7,9H2,1-3H3,(H,19,23)/t12-/m0/s1. The molecule has 26 heavy (non-hydrogen) atoms. The number of esters is 1. The van der Waals surface area contributed by atoms with Crippen molar-refractivity contribution in [2.75, 3.05) is 34.4 Å². The topological polar surface area (TPSA) is 94.2 Å². The number of nitrogens with zero attached hydrogens (tertiary/aromatic N) is 1. The van der Waals surface area contributed by atoms with Gasteiger partial charge in [0.1, 0.15) is 6.04 Å². The van der Waals surface area contributed by atoms with Crippen LogP contribution in [0.15, 0.2) is 16.6 Å². The number of carbonyl (C=O) groups excluding carboxylic acids is 3. The van der Waals surface area contributed by atoms with Gasteiger partial charge in [-0.2, -0.15) is 0 Å². The monoisotopic (exact) mass is 428 g/mol. The first-order valence-electron chi connectivity index (χ1n) is 7.95. The summed E-state index contributed by atoms with van der Waals surface area (Å²) in [5, 5.41) is 2.67. The summed E-state index contributed by atoms with van der Waals surface area (Å²) in [7, 11) is 4.29. The lowest BCUT2D eigenvalue weighted by molar-refractivity contribution is -0.150. The third-order valence-electron chi connectivity index (χ3n) is 4.13. The van der Waals surface area contributed by atoms with Gasteiger partial charge in [-0.15, -0.1) is 0 Å². The molecule has 0 aliphatic carbocycles. The average molecular weight is 429 g/mol. The van der Waals surface area contributed by atoms with Crippen molar-refractivity contribution in [2.45, 2.75) is 18.9 Å². The smallest absolute Gasteiger partial charge is 0.308 e. The summed E-state index contributed by atoms with van der Waals surface area (Å²) in [4.78, 5) is 37.9. The molecule has 2 rings (SSSR count). The maximum atomic E-state index is 12.8. The second-order valence-corrected chi connectivity index (χ2v) is 6.50. The zero-order valence-electron chi connectivity index (χ0n) is 14.8. The normalized spacial score (nSPS) is 16.7. The Balaban J connectivity index is 2.21. The van der Waals surface area contributed by atoms with Gasteiger partial charge in [-0.3, -0.25) is 14.4 Å². The first-order chi connectivity index (χ1) is 12.4. The highest BCUT2D eigenvalue weighted by Crippen LogP contribution is 2.33. The van der Waals surface area contributed by atoms with Crippen LogP contribution in [0.4, 0.5) is 0 Å². The number of ether oxygens (including phenoxy) is 3. The highest BCUT2D eigenvalue weighted by molar-refractivity contribution is 9.10. The average Bonchev–Trinajstić information content (AvgIpc) is 2.64. The largest absolute Gasteiger partial charge is 0.493 e. The number of amides is 2. The zero-order chi connectivity index (χ0) is 19.3. The van der Waals surface area contributed by atoms with Crippen LogP contribution < -0.4 is 14.8 Å². The lowest BCUT2D eigenvalue weighted by Crippen LogP contribution is -2.58. The Morgan fingerprint density at radius 3 is 2.50 bits per heavy atom. The van der Waals surface area contributed by atoms with E-state index in [-0.39, 0.29) is 24.7 Å². The lowest BCUT2D eigenvalue weighted by Gasteiger charge is -2.34. The number of rotatable bonds is 6. The predicted octanol–water partition coefficient (Wildman–Crippen LogP) is 0.899. The Bertz CT molecular complexity index is 709. The molecule has 1 N–H and O–H groups in total. The maximum Gasteiger partial charge on any atom is 0.308 e. The van der Waals surface area contributed by atoms with Crippen LogP contribution in [0.25, 0.3) is 0 Å². The summed E-state index contributed by atoms with van der Waals surface area (Å²) in [5.74, 6) is -0.127. The third kappa shape index (κ3) is 4.46. The zero-order valence-corrected chi connectivity index (χ0v) is 16.4. The van der Waals surface area contributed by atoms with Crippen molar-refractivity contribution in [1.82, 2.24) is 10.2 Å². The number of benzene rings is 1. The number of nitrogens with one attached hydrogen (secondary N) is 1. The number of methoxy groups -OCH3 is 3. The molecule has 2 amide bonds. The molecule has 1 atom stereocenters. The Hall–Kier alpha value is -2.29. The van der Waals surface area contributed by atoms with Gasteiger partial charge in [0.05, 0.1) is 34.2 Å². The van der Waals surface area contributed by atoms with E-state index < -0.39 is 12.0 Å². The van der Waals surface area contributed by atoms with Gasteiger partial charge >= 0.3 is 5.97 Å². The van der Waals surface area contributed by atoms with Crippen molar-refractivity contribution in [1.29, 1.82) is 0 Å². The highest BCUT2D eigenvalue weighted by Gasteiger charge is 2.35. The molecular weight excluding hydrogens is 408 g/mol. The van der Waals surface area contributed by atoms with Gasteiger partial charge in [0.25, 0.3) is 0 Å². The minimum absolute atomic E-state index is 0.0475. The fraction of sp³-hybridized carbons (Fsp3) is 0.471. The van der Waals surface area contributed by atoms with E-state index in [2.05, 4.69) is 26.0 Å². The van der Waals surface area contributed by atoms with Crippen LogP contribution in [-0.4, -0.2) is 63.1 Å². The van der Waals surface area contributed by atoms with E-state index in [0.717, 1.165) is 0 Å². The molecule has 1 fully saturated rings. The summed E-state index contributed by atoms with van der Waals surface area (Å²) >= 11 is 3.42. The molecule has 0 saturated carbocycles. The first kappa shape index (κ1) is 20.0. The van der Waals surface area contributed by atoms with Gasteiger partial charge in [-0.05, 0) is 17.7 Å². The van der Waals surface area contributed by atoms with E-state index in [4.69, 9.17) is 9.47 Å². The van der Waals surface area contributed by atoms with E-state index in [1.165, 1.54) is 26.2 Å². The third-order valence-corrected chi connectivity index (χ3v) is 4.87. The molecule has 0 bridgehead atoms. The van der Waals surface area contributed by atoms with Crippen LogP contribution in [-0.2, 0) is 25.5 Å². The quantitative estimate of drug-likeness (QED) is 0.676. The molecule has 1 aliphatic rings. The molecule has 8 nitrogen and oxygen atoms in total. The van der Waals surface area contributed by atoms with Crippen LogP contribution in [0.2, 0.25) is 0 Å². The van der Waals surface area contributed by atoms with E-state index in [1.54, 1.807) is 12.1 Å². The molecule has 1 aromatic carbocycles. The van der Waals surface area contributed by atoms with Crippen molar-refractivity contribution in [2.24, 2.45) is 0 Å². The van der Waals surface area contributed by atoms with Crippen molar-refractivity contribution in [3.63, 3.8) is 0 Å². The van der Waals surface area contributed by atoms with Crippen molar-refractivity contribution in [3.8, 4) is 11.5 Å². The molecule has 9 heteroatoms. The minimum Gasteiger partial charge on any atom is -0.493 e. The molecule has 0 radical (unpaired) electrons. The Morgan fingerprint density at radius 2 is 1.88 bits per heavy atom. The predicted molar refractivity (Wildman–Crippen MR) is 96.1 cm³/mol. The molecule has 1 aliphatic heterocycles.